The van der Waals surface area contributed by atoms with Gasteiger partial charge in [-0.1, -0.05) is 113 Å². The summed E-state index contributed by atoms with van der Waals surface area (Å²) in [4.78, 5) is 14.0. The summed E-state index contributed by atoms with van der Waals surface area (Å²) >= 11 is 0. The smallest absolute Gasteiger partial charge is 0.342 e. The van der Waals surface area contributed by atoms with E-state index < -0.39 is 26.7 Å². The Bertz CT molecular complexity index is 1290. The highest BCUT2D eigenvalue weighted by atomic mass is 28.4. The fourth-order valence-electron chi connectivity index (χ4n) is 5.78. The van der Waals surface area contributed by atoms with Crippen molar-refractivity contribution in [1.82, 2.24) is 0 Å². The van der Waals surface area contributed by atoms with Crippen molar-refractivity contribution in [3.63, 3.8) is 0 Å². The molecule has 1 N–H and O–H groups in total. The molecule has 1 aliphatic rings. The van der Waals surface area contributed by atoms with E-state index in [4.69, 9.17) is 13.9 Å². The summed E-state index contributed by atoms with van der Waals surface area (Å²) in [6.45, 7) is 16.3. The minimum absolute atomic E-state index is 0.146. The van der Waals surface area contributed by atoms with E-state index in [1.807, 2.05) is 67.6 Å². The number of aliphatic hydroxyl groups is 1. The molecule has 3 aromatic carbocycles. The minimum Gasteiger partial charge on any atom is -0.533 e. The van der Waals surface area contributed by atoms with E-state index >= 15 is 0 Å². The Kier molecular flexibility index (Phi) is 9.69. The van der Waals surface area contributed by atoms with Gasteiger partial charge in [0.1, 0.15) is 11.3 Å². The zero-order valence-corrected chi connectivity index (χ0v) is 25.6. The van der Waals surface area contributed by atoms with E-state index in [9.17, 15) is 9.90 Å². The van der Waals surface area contributed by atoms with Crippen LogP contribution < -0.4 is 14.8 Å². The molecule has 1 heterocycles. The predicted molar refractivity (Wildman–Crippen MR) is 167 cm³/mol. The van der Waals surface area contributed by atoms with Crippen LogP contribution in [0, 0.1) is 5.92 Å². The van der Waals surface area contributed by atoms with Crippen molar-refractivity contribution in [1.29, 1.82) is 0 Å². The lowest BCUT2D eigenvalue weighted by atomic mass is 9.98. The second-order valence-electron chi connectivity index (χ2n) is 11.8. The van der Waals surface area contributed by atoms with Crippen molar-refractivity contribution in [3.8, 4) is 5.75 Å². The van der Waals surface area contributed by atoms with Gasteiger partial charge in [-0.3, -0.25) is 0 Å². The van der Waals surface area contributed by atoms with Crippen LogP contribution in [0.15, 0.2) is 104 Å². The standard InChI is InChI=1S/C35H42O5Si/c1-7-16-25(3)30-24-31(33(36)38-30)39-34(37)32-26(17-8-2)18-15-23-29(32)40-41(35(4,5)6,27-19-11-9-12-20-27)28-21-13-10-14-22-28/h7-15,18-23,25,30-31,33,36H,1-2,16-17,24H2,3-6H3/t25-,30+,31+,33-/m1/s1. The van der Waals surface area contributed by atoms with Gasteiger partial charge in [-0.05, 0) is 45.8 Å². The van der Waals surface area contributed by atoms with Crippen LogP contribution in [-0.4, -0.2) is 37.9 Å². The number of hydrogen-bond donors (Lipinski definition) is 1. The van der Waals surface area contributed by atoms with Crippen LogP contribution in [0.4, 0.5) is 0 Å². The third kappa shape index (κ3) is 6.40. The highest BCUT2D eigenvalue weighted by molar-refractivity contribution is 7.00. The fourth-order valence-corrected chi connectivity index (χ4v) is 10.2. The van der Waals surface area contributed by atoms with Gasteiger partial charge in [0.05, 0.1) is 6.10 Å². The van der Waals surface area contributed by atoms with E-state index in [2.05, 4.69) is 58.2 Å². The fraction of sp³-hybridized carbons (Fsp3) is 0.343. The summed E-state index contributed by atoms with van der Waals surface area (Å²) in [6.07, 6.45) is 3.02. The second-order valence-corrected chi connectivity index (χ2v) is 16.0. The van der Waals surface area contributed by atoms with Crippen molar-refractivity contribution < 1.29 is 23.8 Å². The minimum atomic E-state index is -3.02. The van der Waals surface area contributed by atoms with E-state index in [0.29, 0.717) is 24.2 Å². The largest absolute Gasteiger partial charge is 0.533 e. The predicted octanol–water partition coefficient (Wildman–Crippen LogP) is 6.20. The number of carbonyl (C=O) groups excluding carboxylic acids is 1. The summed E-state index contributed by atoms with van der Waals surface area (Å²) in [6, 6.07) is 26.2. The molecule has 216 valence electrons. The van der Waals surface area contributed by atoms with Crippen LogP contribution in [0.3, 0.4) is 0 Å². The van der Waals surface area contributed by atoms with Gasteiger partial charge in [-0.15, -0.1) is 13.2 Å². The van der Waals surface area contributed by atoms with Gasteiger partial charge in [0, 0.05) is 6.42 Å². The number of benzene rings is 3. The number of carbonyl (C=O) groups is 1. The summed E-state index contributed by atoms with van der Waals surface area (Å²) in [5.74, 6) is 0.0710. The molecule has 1 saturated heterocycles. The lowest BCUT2D eigenvalue weighted by Crippen LogP contribution is -2.69. The van der Waals surface area contributed by atoms with Gasteiger partial charge >= 0.3 is 14.3 Å². The first kappa shape index (κ1) is 30.5. The first-order chi connectivity index (χ1) is 19.6. The number of rotatable bonds is 11. The lowest BCUT2D eigenvalue weighted by molar-refractivity contribution is -0.136. The molecule has 1 aliphatic heterocycles. The number of ether oxygens (including phenoxy) is 2. The van der Waals surface area contributed by atoms with E-state index in [1.54, 1.807) is 6.08 Å². The second kappa shape index (κ2) is 13.0. The van der Waals surface area contributed by atoms with Crippen LogP contribution >= 0.6 is 0 Å². The number of esters is 1. The van der Waals surface area contributed by atoms with Crippen LogP contribution in [0.25, 0.3) is 0 Å². The van der Waals surface area contributed by atoms with Crippen LogP contribution in [0.1, 0.15) is 56.5 Å². The molecule has 5 nitrogen and oxygen atoms in total. The SMILES string of the molecule is C=CCc1cccc(O[Si](c2ccccc2)(c2ccccc2)C(C)(C)C)c1C(=O)O[C@H]1C[C@@H]([C@H](C)CC=C)O[C@H]1O. The molecule has 6 heteroatoms. The summed E-state index contributed by atoms with van der Waals surface area (Å²) < 4.78 is 19.0. The molecule has 0 saturated carbocycles. The van der Waals surface area contributed by atoms with Crippen LogP contribution in [0.5, 0.6) is 5.75 Å². The van der Waals surface area contributed by atoms with Gasteiger partial charge in [0.15, 0.2) is 12.4 Å². The van der Waals surface area contributed by atoms with Crippen molar-refractivity contribution >= 4 is 24.7 Å². The first-order valence-electron chi connectivity index (χ1n) is 14.3. The normalized spacial score (nSPS) is 19.8. The summed E-state index contributed by atoms with van der Waals surface area (Å²) in [5, 5.41) is 12.5. The number of hydrogen-bond acceptors (Lipinski definition) is 5. The molecule has 3 aromatic rings. The molecule has 0 amide bonds. The highest BCUT2D eigenvalue weighted by Gasteiger charge is 2.52. The molecule has 4 atom stereocenters. The van der Waals surface area contributed by atoms with Crippen molar-refractivity contribution in [2.24, 2.45) is 5.92 Å². The average molecular weight is 571 g/mol. The Hall–Kier alpha value is -3.45. The zero-order valence-electron chi connectivity index (χ0n) is 24.6. The third-order valence-corrected chi connectivity index (χ3v) is 12.8. The molecule has 0 radical (unpaired) electrons. The van der Waals surface area contributed by atoms with E-state index in [-0.39, 0.29) is 17.1 Å². The molecule has 0 unspecified atom stereocenters. The molecule has 0 aliphatic carbocycles. The van der Waals surface area contributed by atoms with Gasteiger partial charge < -0.3 is 19.0 Å². The summed E-state index contributed by atoms with van der Waals surface area (Å²) in [5.41, 5.74) is 1.11. The Labute approximate surface area is 245 Å². The third-order valence-electron chi connectivity index (χ3n) is 7.89. The van der Waals surface area contributed by atoms with Gasteiger partial charge in [0.2, 0.25) is 0 Å². The maximum absolute atomic E-state index is 14.0. The number of allylic oxidation sites excluding steroid dienone is 2. The Morgan fingerprint density at radius 2 is 1.61 bits per heavy atom. The number of aliphatic hydroxyl groups excluding tert-OH is 1. The Balaban J connectivity index is 1.79. The lowest BCUT2D eigenvalue weighted by Gasteiger charge is -2.43. The molecule has 0 spiro atoms. The van der Waals surface area contributed by atoms with E-state index in [1.165, 1.54) is 0 Å². The Morgan fingerprint density at radius 3 is 2.15 bits per heavy atom. The molecule has 4 rings (SSSR count). The molecule has 0 aromatic heterocycles. The summed E-state index contributed by atoms with van der Waals surface area (Å²) in [7, 11) is -3.02. The van der Waals surface area contributed by atoms with E-state index in [0.717, 1.165) is 22.4 Å². The topological polar surface area (TPSA) is 65.0 Å². The maximum Gasteiger partial charge on any atom is 0.342 e. The average Bonchev–Trinajstić information content (AvgIpc) is 3.32. The van der Waals surface area contributed by atoms with Gasteiger partial charge in [-0.2, -0.15) is 0 Å². The van der Waals surface area contributed by atoms with Crippen molar-refractivity contribution in [2.45, 2.75) is 70.5 Å². The monoisotopic (exact) mass is 570 g/mol. The quantitative estimate of drug-likeness (QED) is 0.169. The van der Waals surface area contributed by atoms with Crippen LogP contribution in [0.2, 0.25) is 5.04 Å². The zero-order chi connectivity index (χ0) is 29.6. The highest BCUT2D eigenvalue weighted by Crippen LogP contribution is 2.39. The van der Waals surface area contributed by atoms with Crippen LogP contribution in [-0.2, 0) is 15.9 Å². The molecular formula is C35H42O5Si. The van der Waals surface area contributed by atoms with Crippen molar-refractivity contribution in [3.05, 3.63) is 115 Å². The molecule has 1 fully saturated rings. The maximum atomic E-state index is 14.0. The molecular weight excluding hydrogens is 528 g/mol. The molecule has 0 bridgehead atoms. The van der Waals surface area contributed by atoms with Gasteiger partial charge in [0.25, 0.3) is 0 Å². The van der Waals surface area contributed by atoms with Gasteiger partial charge in [-0.25, -0.2) is 4.79 Å². The molecule has 41 heavy (non-hydrogen) atoms. The first-order valence-corrected chi connectivity index (χ1v) is 16.2. The Morgan fingerprint density at radius 1 is 1.00 bits per heavy atom. The van der Waals surface area contributed by atoms with Crippen molar-refractivity contribution in [2.75, 3.05) is 0 Å².